The maximum absolute atomic E-state index is 11.0. The van der Waals surface area contributed by atoms with E-state index in [2.05, 4.69) is 0 Å². The first-order valence-electron chi connectivity index (χ1n) is 5.24. The lowest BCUT2D eigenvalue weighted by atomic mass is 10.1. The van der Waals surface area contributed by atoms with E-state index in [0.29, 0.717) is 0 Å². The quantitative estimate of drug-likeness (QED) is 0.602. The van der Waals surface area contributed by atoms with Crippen molar-refractivity contribution in [1.29, 1.82) is 0 Å². The zero-order valence-electron chi connectivity index (χ0n) is 10.0. The highest BCUT2D eigenvalue weighted by Crippen LogP contribution is 2.25. The first-order valence-corrected chi connectivity index (χ1v) is 5.24. The molecule has 0 bridgehead atoms. The molecule has 7 nitrogen and oxygen atoms in total. The molecule has 0 fully saturated rings. The van der Waals surface area contributed by atoms with Crippen LogP contribution in [0.4, 0.5) is 11.4 Å². The lowest BCUT2D eigenvalue weighted by Crippen LogP contribution is -2.28. The van der Waals surface area contributed by atoms with Gasteiger partial charge in [0.1, 0.15) is 0 Å². The van der Waals surface area contributed by atoms with Crippen LogP contribution in [0.5, 0.6) is 0 Å². The molecule has 2 N–H and O–H groups in total. The third kappa shape index (κ3) is 3.17. The molecular weight excluding hydrogens is 240 g/mol. The molecule has 1 aromatic rings. The molecule has 0 aliphatic rings. The number of likely N-dealkylation sites (N-methyl/N-ethyl adjacent to an activating group) is 1. The molecule has 7 heteroatoms. The van der Waals surface area contributed by atoms with Gasteiger partial charge in [-0.05, 0) is 13.0 Å². The first-order chi connectivity index (χ1) is 8.32. The first kappa shape index (κ1) is 13.9. The summed E-state index contributed by atoms with van der Waals surface area (Å²) in [5.41, 5.74) is -0.0196. The third-order valence-electron chi connectivity index (χ3n) is 2.37. The molecule has 1 aromatic carbocycles. The van der Waals surface area contributed by atoms with Crippen LogP contribution in [0.2, 0.25) is 0 Å². The lowest BCUT2D eigenvalue weighted by Gasteiger charge is -2.22. The number of nitro groups is 1. The van der Waals surface area contributed by atoms with Crippen LogP contribution in [0.15, 0.2) is 18.2 Å². The SMILES string of the molecule is CC(O)CN(C)c1cc([N+](=O)[O-])ccc1C(=O)O. The largest absolute Gasteiger partial charge is 0.478 e. The Morgan fingerprint density at radius 2 is 2.17 bits per heavy atom. The molecule has 0 spiro atoms. The van der Waals surface area contributed by atoms with E-state index in [-0.39, 0.29) is 23.5 Å². The Kier molecular flexibility index (Phi) is 4.22. The molecule has 0 saturated heterocycles. The molecule has 18 heavy (non-hydrogen) atoms. The molecule has 0 heterocycles. The Labute approximate surface area is 103 Å². The summed E-state index contributed by atoms with van der Waals surface area (Å²) in [5, 5.41) is 29.0. The van der Waals surface area contributed by atoms with Crippen LogP contribution in [-0.4, -0.2) is 40.8 Å². The van der Waals surface area contributed by atoms with Crippen LogP contribution in [0, 0.1) is 10.1 Å². The van der Waals surface area contributed by atoms with Gasteiger partial charge >= 0.3 is 5.97 Å². The molecule has 0 aliphatic carbocycles. The van der Waals surface area contributed by atoms with Gasteiger partial charge in [-0.1, -0.05) is 0 Å². The number of carboxylic acids is 1. The van der Waals surface area contributed by atoms with E-state index in [0.717, 1.165) is 6.07 Å². The summed E-state index contributed by atoms with van der Waals surface area (Å²) in [6.45, 7) is 1.73. The highest BCUT2D eigenvalue weighted by molar-refractivity contribution is 5.95. The van der Waals surface area contributed by atoms with Crippen molar-refractivity contribution in [1.82, 2.24) is 0 Å². The van der Waals surface area contributed by atoms with Crippen LogP contribution in [0.3, 0.4) is 0 Å². The molecule has 0 radical (unpaired) electrons. The molecule has 0 aromatic heterocycles. The van der Waals surface area contributed by atoms with Crippen LogP contribution in [-0.2, 0) is 0 Å². The normalized spacial score (nSPS) is 11.9. The molecule has 0 amide bonds. The van der Waals surface area contributed by atoms with Crippen molar-refractivity contribution < 1.29 is 19.9 Å². The summed E-state index contributed by atoms with van der Waals surface area (Å²) in [6, 6.07) is 3.52. The van der Waals surface area contributed by atoms with Gasteiger partial charge in [-0.3, -0.25) is 10.1 Å². The molecule has 1 atom stereocenters. The second-order valence-corrected chi connectivity index (χ2v) is 3.99. The Morgan fingerprint density at radius 3 is 2.61 bits per heavy atom. The topological polar surface area (TPSA) is 104 Å². The van der Waals surface area contributed by atoms with E-state index in [1.165, 1.54) is 17.0 Å². The van der Waals surface area contributed by atoms with Crippen molar-refractivity contribution in [3.8, 4) is 0 Å². The number of nitrogens with zero attached hydrogens (tertiary/aromatic N) is 2. The van der Waals surface area contributed by atoms with Gasteiger partial charge in [0, 0.05) is 25.7 Å². The Bertz CT molecular complexity index is 473. The van der Waals surface area contributed by atoms with Crippen molar-refractivity contribution in [2.75, 3.05) is 18.5 Å². The predicted molar refractivity (Wildman–Crippen MR) is 65.0 cm³/mol. The van der Waals surface area contributed by atoms with E-state index in [1.807, 2.05) is 0 Å². The van der Waals surface area contributed by atoms with Gasteiger partial charge in [0.15, 0.2) is 0 Å². The van der Waals surface area contributed by atoms with Crippen molar-refractivity contribution in [3.05, 3.63) is 33.9 Å². The summed E-state index contributed by atoms with van der Waals surface area (Å²) in [7, 11) is 1.57. The van der Waals surface area contributed by atoms with Crippen LogP contribution in [0.1, 0.15) is 17.3 Å². The molecule has 0 saturated carbocycles. The summed E-state index contributed by atoms with van der Waals surface area (Å²) < 4.78 is 0. The van der Waals surface area contributed by atoms with E-state index >= 15 is 0 Å². The average molecular weight is 254 g/mol. The molecule has 0 aliphatic heterocycles. The molecule has 98 valence electrons. The van der Waals surface area contributed by atoms with Crippen LogP contribution in [0.25, 0.3) is 0 Å². The maximum Gasteiger partial charge on any atom is 0.337 e. The summed E-state index contributed by atoms with van der Waals surface area (Å²) in [4.78, 5) is 22.6. The highest BCUT2D eigenvalue weighted by atomic mass is 16.6. The van der Waals surface area contributed by atoms with Crippen molar-refractivity contribution >= 4 is 17.3 Å². The molecule has 1 unspecified atom stereocenters. The number of aromatic carboxylic acids is 1. The maximum atomic E-state index is 11.0. The van der Waals surface area contributed by atoms with Crippen LogP contribution < -0.4 is 4.90 Å². The number of benzene rings is 1. The summed E-state index contributed by atoms with van der Waals surface area (Å²) >= 11 is 0. The monoisotopic (exact) mass is 254 g/mol. The minimum Gasteiger partial charge on any atom is -0.478 e. The number of aliphatic hydroxyl groups is 1. The fourth-order valence-corrected chi connectivity index (χ4v) is 1.62. The minimum absolute atomic E-state index is 0.0382. The van der Waals surface area contributed by atoms with Gasteiger partial charge in [-0.2, -0.15) is 0 Å². The van der Waals surface area contributed by atoms with Gasteiger partial charge in [-0.15, -0.1) is 0 Å². The van der Waals surface area contributed by atoms with E-state index in [4.69, 9.17) is 5.11 Å². The van der Waals surface area contributed by atoms with Crippen LogP contribution >= 0.6 is 0 Å². The highest BCUT2D eigenvalue weighted by Gasteiger charge is 2.18. The Morgan fingerprint density at radius 1 is 1.56 bits per heavy atom. The zero-order valence-corrected chi connectivity index (χ0v) is 10.0. The number of hydrogen-bond donors (Lipinski definition) is 2. The Balaban J connectivity index is 3.22. The number of anilines is 1. The second-order valence-electron chi connectivity index (χ2n) is 3.99. The Hall–Kier alpha value is -2.15. The number of carbonyl (C=O) groups is 1. The van der Waals surface area contributed by atoms with Gasteiger partial charge in [0.25, 0.3) is 5.69 Å². The minimum atomic E-state index is -1.17. The smallest absolute Gasteiger partial charge is 0.337 e. The molecular formula is C11H14N2O5. The van der Waals surface area contributed by atoms with Gasteiger partial charge < -0.3 is 15.1 Å². The fourth-order valence-electron chi connectivity index (χ4n) is 1.62. The van der Waals surface area contributed by atoms with Gasteiger partial charge in [-0.25, -0.2) is 4.79 Å². The summed E-state index contributed by atoms with van der Waals surface area (Å²) in [5.74, 6) is -1.17. The number of rotatable bonds is 5. The van der Waals surface area contributed by atoms with E-state index in [9.17, 15) is 20.0 Å². The fraction of sp³-hybridized carbons (Fsp3) is 0.364. The van der Waals surface area contributed by atoms with Gasteiger partial charge in [0.2, 0.25) is 0 Å². The predicted octanol–water partition coefficient (Wildman–Crippen LogP) is 1.11. The number of non-ortho nitro benzene ring substituents is 1. The lowest BCUT2D eigenvalue weighted by molar-refractivity contribution is -0.384. The standard InChI is InChI=1S/C11H14N2O5/c1-7(14)6-12(2)10-5-8(13(17)18)3-4-9(10)11(15)16/h3-5,7,14H,6H2,1-2H3,(H,15,16). The third-order valence-corrected chi connectivity index (χ3v) is 2.37. The van der Waals surface area contributed by atoms with Crippen molar-refractivity contribution in [2.45, 2.75) is 13.0 Å². The number of hydrogen-bond acceptors (Lipinski definition) is 5. The van der Waals surface area contributed by atoms with Crippen molar-refractivity contribution in [3.63, 3.8) is 0 Å². The zero-order chi connectivity index (χ0) is 13.9. The number of nitro benzene ring substituents is 1. The van der Waals surface area contributed by atoms with E-state index in [1.54, 1.807) is 14.0 Å². The van der Waals surface area contributed by atoms with Gasteiger partial charge in [0.05, 0.1) is 22.3 Å². The summed E-state index contributed by atoms with van der Waals surface area (Å²) in [6.07, 6.45) is -0.670. The second kappa shape index (κ2) is 5.46. The number of carboxylic acid groups (broad SMARTS) is 1. The molecule has 1 rings (SSSR count). The number of aliphatic hydroxyl groups excluding tert-OH is 1. The van der Waals surface area contributed by atoms with E-state index < -0.39 is 17.0 Å². The average Bonchev–Trinajstić information content (AvgIpc) is 2.26. The van der Waals surface area contributed by atoms with Crippen molar-refractivity contribution in [2.24, 2.45) is 0 Å².